The Morgan fingerprint density at radius 2 is 1.06 bits per heavy atom. The third kappa shape index (κ3) is 7.32. The first-order valence-corrected chi connectivity index (χ1v) is 22.7. The molecule has 10 rings (SSSR count). The van der Waals surface area contributed by atoms with Gasteiger partial charge < -0.3 is 19.1 Å². The molecule has 8 aromatic carbocycles. The van der Waals surface area contributed by atoms with Crippen molar-refractivity contribution >= 4 is 27.8 Å². The van der Waals surface area contributed by atoms with Crippen LogP contribution >= 0.6 is 0 Å². The number of nitrogens with zero attached hydrogens (tertiary/aromatic N) is 1. The van der Waals surface area contributed by atoms with Gasteiger partial charge in [-0.3, -0.25) is 0 Å². The molecule has 0 spiro atoms. The van der Waals surface area contributed by atoms with Crippen LogP contribution < -0.4 is 19.1 Å². The quantitative estimate of drug-likeness (QED) is 0.108. The van der Waals surface area contributed by atoms with E-state index in [2.05, 4.69) is 184 Å². The lowest BCUT2D eigenvalue weighted by molar-refractivity contribution is 0.304. The minimum atomic E-state index is -0.545. The monoisotopic (exact) mass is 825 g/mol. The highest BCUT2D eigenvalue weighted by atomic mass is 16.5. The fourth-order valence-corrected chi connectivity index (χ4v) is 9.93. The van der Waals surface area contributed by atoms with Crippen LogP contribution in [-0.2, 0) is 5.41 Å². The van der Waals surface area contributed by atoms with Crippen LogP contribution in [0, 0.1) is 20.8 Å². The second-order valence-corrected chi connectivity index (χ2v) is 17.6. The minimum Gasteiger partial charge on any atom is -0.497 e. The average molecular weight is 826 g/mol. The van der Waals surface area contributed by atoms with Crippen molar-refractivity contribution in [2.45, 2.75) is 71.6 Å². The van der Waals surface area contributed by atoms with Gasteiger partial charge in [-0.1, -0.05) is 141 Å². The van der Waals surface area contributed by atoms with E-state index < -0.39 is 5.41 Å². The highest BCUT2D eigenvalue weighted by Gasteiger charge is 2.46. The summed E-state index contributed by atoms with van der Waals surface area (Å²) in [6.07, 6.45) is 7.47. The molecule has 1 heterocycles. The first-order valence-electron chi connectivity index (χ1n) is 22.7. The summed E-state index contributed by atoms with van der Waals surface area (Å²) in [7, 11) is 1.71. The fourth-order valence-electron chi connectivity index (χ4n) is 9.93. The molecule has 0 aromatic heterocycles. The van der Waals surface area contributed by atoms with Crippen molar-refractivity contribution in [1.29, 1.82) is 0 Å². The molecule has 0 saturated carbocycles. The number of benzene rings is 8. The maximum absolute atomic E-state index is 6.84. The molecule has 1 unspecified atom stereocenters. The molecule has 0 amide bonds. The Morgan fingerprint density at radius 1 is 0.492 bits per heavy atom. The number of anilines is 3. The normalized spacial score (nSPS) is 14.7. The van der Waals surface area contributed by atoms with Gasteiger partial charge in [0.05, 0.1) is 30.5 Å². The molecule has 0 fully saturated rings. The number of hydrogen-bond acceptors (Lipinski definition) is 4. The van der Waals surface area contributed by atoms with Crippen LogP contribution in [0.4, 0.5) is 17.1 Å². The predicted octanol–water partition coefficient (Wildman–Crippen LogP) is 16.1. The van der Waals surface area contributed by atoms with Gasteiger partial charge in [-0.15, -0.1) is 0 Å². The Bertz CT molecular complexity index is 2970. The van der Waals surface area contributed by atoms with Gasteiger partial charge in [-0.05, 0) is 155 Å². The molecular formula is C59H55NO3. The number of aryl methyl sites for hydroxylation is 3. The van der Waals surface area contributed by atoms with E-state index in [9.17, 15) is 0 Å². The lowest BCUT2D eigenvalue weighted by Gasteiger charge is -2.35. The summed E-state index contributed by atoms with van der Waals surface area (Å²) in [4.78, 5) is 2.33. The van der Waals surface area contributed by atoms with Gasteiger partial charge in [0, 0.05) is 5.69 Å². The van der Waals surface area contributed by atoms with Crippen molar-refractivity contribution in [1.82, 2.24) is 0 Å². The van der Waals surface area contributed by atoms with Gasteiger partial charge in [-0.2, -0.15) is 0 Å². The summed E-state index contributed by atoms with van der Waals surface area (Å²) in [5, 5.41) is 2.28. The fraction of sp³-hybridized carbons (Fsp3) is 0.220. The van der Waals surface area contributed by atoms with Crippen LogP contribution in [-0.4, -0.2) is 13.7 Å². The first-order chi connectivity index (χ1) is 30.8. The maximum atomic E-state index is 6.84. The SMILES string of the molecule is CCCCCCCCOc1ccc(C2(c3ccc(C)cc3)c3cc(C)ccc3-c3ccc(-c4ccc5c(c4)Oc4cc(C)ccc4N5c4ccc5cc(OC)ccc5c4)cc32)cc1. The third-order valence-electron chi connectivity index (χ3n) is 13.2. The van der Waals surface area contributed by atoms with E-state index in [1.54, 1.807) is 7.11 Å². The standard InChI is InChI=1S/C59H55NO3/c1-6-7-8-9-10-11-32-62-49-26-22-47(23-27-49)59(46-20-12-39(2)13-21-46)53-33-40(3)14-28-51(53)52-29-18-44(37-54(52)59)45-19-31-56-58(38-45)63-57-34-41(4)15-30-55(57)60(56)48-24-16-43-36-50(61-5)25-17-42(43)35-48/h12-31,33-38H,6-11,32H2,1-5H3. The van der Waals surface area contributed by atoms with E-state index in [4.69, 9.17) is 14.2 Å². The van der Waals surface area contributed by atoms with Crippen LogP contribution in [0.5, 0.6) is 23.0 Å². The molecule has 1 aliphatic carbocycles. The predicted molar refractivity (Wildman–Crippen MR) is 261 cm³/mol. The molecule has 63 heavy (non-hydrogen) atoms. The van der Waals surface area contributed by atoms with Gasteiger partial charge in [-0.25, -0.2) is 0 Å². The van der Waals surface area contributed by atoms with Crippen molar-refractivity contribution in [3.05, 3.63) is 197 Å². The van der Waals surface area contributed by atoms with Crippen LogP contribution in [0.2, 0.25) is 0 Å². The zero-order chi connectivity index (χ0) is 43.1. The summed E-state index contributed by atoms with van der Waals surface area (Å²) in [6.45, 7) is 9.50. The van der Waals surface area contributed by atoms with Crippen LogP contribution in [0.25, 0.3) is 33.0 Å². The van der Waals surface area contributed by atoms with Crippen LogP contribution in [0.1, 0.15) is 84.4 Å². The van der Waals surface area contributed by atoms with Crippen molar-refractivity contribution in [2.75, 3.05) is 18.6 Å². The number of hydrogen-bond donors (Lipinski definition) is 0. The summed E-state index contributed by atoms with van der Waals surface area (Å²) in [5.74, 6) is 3.43. The summed E-state index contributed by atoms with van der Waals surface area (Å²) in [6, 6.07) is 58.1. The Hall–Kier alpha value is -6.78. The van der Waals surface area contributed by atoms with E-state index >= 15 is 0 Å². The highest BCUT2D eigenvalue weighted by molar-refractivity contribution is 5.94. The molecule has 1 atom stereocenters. The van der Waals surface area contributed by atoms with Crippen molar-refractivity contribution in [2.24, 2.45) is 0 Å². The molecule has 8 aromatic rings. The average Bonchev–Trinajstić information content (AvgIpc) is 3.59. The Kier molecular flexibility index (Phi) is 10.8. The Labute approximate surface area is 372 Å². The topological polar surface area (TPSA) is 30.9 Å². The molecule has 314 valence electrons. The van der Waals surface area contributed by atoms with Gasteiger partial charge in [0.1, 0.15) is 11.5 Å². The largest absolute Gasteiger partial charge is 0.497 e. The smallest absolute Gasteiger partial charge is 0.152 e. The maximum Gasteiger partial charge on any atom is 0.152 e. The van der Waals surface area contributed by atoms with Crippen molar-refractivity contribution in [3.8, 4) is 45.3 Å². The van der Waals surface area contributed by atoms with E-state index in [-0.39, 0.29) is 0 Å². The Morgan fingerprint density at radius 3 is 1.84 bits per heavy atom. The zero-order valence-corrected chi connectivity index (χ0v) is 37.1. The zero-order valence-electron chi connectivity index (χ0n) is 37.1. The van der Waals surface area contributed by atoms with E-state index in [1.807, 2.05) is 6.07 Å². The molecule has 0 saturated heterocycles. The molecule has 1 aliphatic heterocycles. The summed E-state index contributed by atoms with van der Waals surface area (Å²) >= 11 is 0. The van der Waals surface area contributed by atoms with Crippen molar-refractivity contribution in [3.63, 3.8) is 0 Å². The first kappa shape index (κ1) is 40.3. The molecule has 2 aliphatic rings. The van der Waals surface area contributed by atoms with E-state index in [1.165, 1.54) is 76.6 Å². The Balaban J connectivity index is 1.07. The molecule has 0 radical (unpaired) electrons. The van der Waals surface area contributed by atoms with Gasteiger partial charge in [0.25, 0.3) is 0 Å². The molecule has 4 nitrogen and oxygen atoms in total. The third-order valence-corrected chi connectivity index (χ3v) is 13.2. The second-order valence-electron chi connectivity index (χ2n) is 17.6. The number of methoxy groups -OCH3 is 1. The minimum absolute atomic E-state index is 0.545. The van der Waals surface area contributed by atoms with E-state index in [0.29, 0.717) is 0 Å². The van der Waals surface area contributed by atoms with Gasteiger partial charge in [0.2, 0.25) is 0 Å². The number of fused-ring (bicyclic) bond motifs is 6. The lowest BCUT2D eigenvalue weighted by atomic mass is 9.67. The number of unbranched alkanes of at least 4 members (excludes halogenated alkanes) is 5. The highest BCUT2D eigenvalue weighted by Crippen LogP contribution is 2.58. The lowest BCUT2D eigenvalue weighted by Crippen LogP contribution is -2.28. The summed E-state index contributed by atoms with van der Waals surface area (Å²) < 4.78 is 18.7. The molecule has 0 N–H and O–H groups in total. The van der Waals surface area contributed by atoms with Gasteiger partial charge >= 0.3 is 0 Å². The molecule has 0 bridgehead atoms. The molecule has 4 heteroatoms. The summed E-state index contributed by atoms with van der Waals surface area (Å²) in [5.41, 5.74) is 16.0. The molecular weight excluding hydrogens is 771 g/mol. The second kappa shape index (κ2) is 16.8. The number of ether oxygens (including phenoxy) is 3. The van der Waals surface area contributed by atoms with Crippen LogP contribution in [0.3, 0.4) is 0 Å². The van der Waals surface area contributed by atoms with Crippen molar-refractivity contribution < 1.29 is 14.2 Å². The van der Waals surface area contributed by atoms with E-state index in [0.717, 1.165) is 80.6 Å². The number of rotatable bonds is 13. The van der Waals surface area contributed by atoms with Gasteiger partial charge in [0.15, 0.2) is 11.5 Å². The van der Waals surface area contributed by atoms with Crippen LogP contribution in [0.15, 0.2) is 158 Å².